The maximum Gasteiger partial charge on any atom is 0.149 e. The van der Waals surface area contributed by atoms with E-state index < -0.39 is 5.89 Å². The normalized spacial score (nSPS) is 12.6. The van der Waals surface area contributed by atoms with Crippen molar-refractivity contribution in [2.45, 2.75) is 105 Å². The Balaban J connectivity index is 1.26. The molecule has 0 unspecified atom stereocenters. The van der Waals surface area contributed by atoms with Crippen LogP contribution in [0, 0.1) is 6.92 Å². The highest BCUT2D eigenvalue weighted by atomic mass is 16.3. The van der Waals surface area contributed by atoms with Crippen LogP contribution >= 0.6 is 0 Å². The van der Waals surface area contributed by atoms with E-state index >= 15 is 0 Å². The van der Waals surface area contributed by atoms with Gasteiger partial charge in [-0.15, -0.1) is 0 Å². The number of benzene rings is 8. The molecule has 0 aliphatic carbocycles. The first-order valence-electron chi connectivity index (χ1n) is 26.5. The topological polar surface area (TPSA) is 50.9 Å². The van der Waals surface area contributed by atoms with Gasteiger partial charge in [0.05, 0.1) is 28.0 Å². The van der Waals surface area contributed by atoms with Gasteiger partial charge in [-0.3, -0.25) is 9.55 Å². The molecule has 2 aromatic heterocycles. The minimum absolute atomic E-state index is 0.0357. The summed E-state index contributed by atoms with van der Waals surface area (Å²) in [5.41, 5.74) is 20.8. The molecule has 10 aromatic rings. The summed E-state index contributed by atoms with van der Waals surface area (Å²) >= 11 is 0. The van der Waals surface area contributed by atoms with Gasteiger partial charge in [-0.1, -0.05) is 204 Å². The maximum absolute atomic E-state index is 12.8. The van der Waals surface area contributed by atoms with Crippen LogP contribution in [0.25, 0.3) is 95.0 Å². The third-order valence-corrected chi connectivity index (χ3v) is 14.6. The summed E-state index contributed by atoms with van der Waals surface area (Å²) in [6, 6.07) is 65.0. The second-order valence-corrected chi connectivity index (χ2v) is 23.4. The number of hydrogen-bond acceptors (Lipinski definition) is 3. The molecule has 0 fully saturated rings. The summed E-state index contributed by atoms with van der Waals surface area (Å²) in [4.78, 5) is 10.8. The average Bonchev–Trinajstić information content (AvgIpc) is 3.77. The van der Waals surface area contributed by atoms with Crippen LogP contribution in [0.1, 0.15) is 111 Å². The number of hydrogen-bond donors (Lipinski definition) is 1. The second kappa shape index (κ2) is 19.2. The minimum atomic E-state index is -0.686. The molecule has 0 saturated heterocycles. The van der Waals surface area contributed by atoms with Gasteiger partial charge < -0.3 is 5.11 Å². The highest BCUT2D eigenvalue weighted by Crippen LogP contribution is 2.47. The molecule has 0 spiro atoms. The fraction of sp³-hybridized carbons (Fsp3) is 0.229. The Morgan fingerprint density at radius 2 is 1.07 bits per heavy atom. The SMILES string of the molecule is [2H]C(C)(C)c1ccc(-c2ccnc(-c3cc(-c4ccccc4)cc(-c4cccc5c4nc(-c4cc(C(C)(C)C)cc(C(C)(C)C)c4O)n5-c4cc(C)c(-c5ccc(C(C)(C)C)cc5)cc4-c4ccccc4)c3)c2)cc1. The number of para-hydroxylation sites is 1. The summed E-state index contributed by atoms with van der Waals surface area (Å²) in [7, 11) is 0. The molecule has 0 aliphatic rings. The second-order valence-electron chi connectivity index (χ2n) is 23.4. The van der Waals surface area contributed by atoms with Crippen LogP contribution in [0.4, 0.5) is 0 Å². The van der Waals surface area contributed by atoms with E-state index in [9.17, 15) is 5.11 Å². The highest BCUT2D eigenvalue weighted by molar-refractivity contribution is 5.99. The zero-order valence-corrected chi connectivity index (χ0v) is 45.2. The van der Waals surface area contributed by atoms with Gasteiger partial charge in [0.2, 0.25) is 0 Å². The van der Waals surface area contributed by atoms with Crippen molar-refractivity contribution in [2.75, 3.05) is 0 Å². The number of imidazole rings is 1. The van der Waals surface area contributed by atoms with Gasteiger partial charge in [0, 0.05) is 29.8 Å². The summed E-state index contributed by atoms with van der Waals surface area (Å²) in [6.07, 6.45) is 1.89. The van der Waals surface area contributed by atoms with Gasteiger partial charge in [-0.2, -0.15) is 0 Å². The summed E-state index contributed by atoms with van der Waals surface area (Å²) in [5, 5.41) is 12.8. The van der Waals surface area contributed by atoms with E-state index in [-0.39, 0.29) is 22.0 Å². The van der Waals surface area contributed by atoms with Crippen LogP contribution in [0.5, 0.6) is 5.75 Å². The lowest BCUT2D eigenvalue weighted by Crippen LogP contribution is -2.17. The lowest BCUT2D eigenvalue weighted by Gasteiger charge is -2.28. The van der Waals surface area contributed by atoms with Gasteiger partial charge in [0.1, 0.15) is 11.6 Å². The molecule has 0 amide bonds. The molecule has 0 aliphatic heterocycles. The Bertz CT molecular complexity index is 3730. The average molecular weight is 969 g/mol. The van der Waals surface area contributed by atoms with Gasteiger partial charge in [-0.25, -0.2) is 4.98 Å². The van der Waals surface area contributed by atoms with Crippen molar-refractivity contribution in [3.05, 3.63) is 216 Å². The monoisotopic (exact) mass is 969 g/mol. The first kappa shape index (κ1) is 48.4. The van der Waals surface area contributed by atoms with Crippen LogP contribution in [-0.2, 0) is 16.2 Å². The number of phenols is 1. The maximum atomic E-state index is 12.8. The molecule has 8 aromatic carbocycles. The zero-order chi connectivity index (χ0) is 53.2. The Hall–Kier alpha value is -7.82. The zero-order valence-electron chi connectivity index (χ0n) is 46.2. The Morgan fingerprint density at radius 3 is 1.70 bits per heavy atom. The van der Waals surface area contributed by atoms with E-state index in [0.717, 1.165) is 106 Å². The van der Waals surface area contributed by atoms with Gasteiger partial charge in [-0.05, 0) is 150 Å². The van der Waals surface area contributed by atoms with E-state index in [1.807, 2.05) is 20.0 Å². The van der Waals surface area contributed by atoms with Gasteiger partial charge in [0.15, 0.2) is 0 Å². The smallest absolute Gasteiger partial charge is 0.149 e. The standard InChI is InChI=1S/C70H69N3O/c1-44(2)46-26-28-48(29-27-46)51-34-35-71-62(40-51)54-38-52(47-20-15-13-16-21-47)37-53(39-54)57-24-19-25-63-65(57)72-67(60-41-56(69(7,8)9)42-61(66(60)74)70(10,11)12)73(63)64-36-45(3)58(43-59(64)49-22-17-14-18-23-49)50-30-32-55(33-31-50)68(4,5)6/h13-44,74H,1-12H3/i44D. The third kappa shape index (κ3) is 9.74. The summed E-state index contributed by atoms with van der Waals surface area (Å²) in [5.74, 6) is 0.216. The first-order valence-corrected chi connectivity index (χ1v) is 26.0. The summed E-state index contributed by atoms with van der Waals surface area (Å²) < 4.78 is 10.9. The van der Waals surface area contributed by atoms with Crippen molar-refractivity contribution in [3.8, 4) is 89.7 Å². The summed E-state index contributed by atoms with van der Waals surface area (Å²) in [6.45, 7) is 26.0. The molecule has 0 saturated carbocycles. The molecule has 74 heavy (non-hydrogen) atoms. The van der Waals surface area contributed by atoms with Crippen molar-refractivity contribution in [3.63, 3.8) is 0 Å². The molecule has 1 N–H and O–H groups in total. The van der Waals surface area contributed by atoms with Crippen molar-refractivity contribution >= 4 is 11.0 Å². The van der Waals surface area contributed by atoms with Crippen LogP contribution in [0.15, 0.2) is 188 Å². The molecular weight excluding hydrogens is 899 g/mol. The number of pyridine rings is 1. The van der Waals surface area contributed by atoms with E-state index in [1.54, 1.807) is 0 Å². The minimum Gasteiger partial charge on any atom is -0.507 e. The van der Waals surface area contributed by atoms with E-state index in [4.69, 9.17) is 11.3 Å². The molecule has 370 valence electrons. The van der Waals surface area contributed by atoms with Crippen molar-refractivity contribution in [2.24, 2.45) is 0 Å². The number of aryl methyl sites for hydroxylation is 1. The fourth-order valence-corrected chi connectivity index (χ4v) is 10.2. The Morgan fingerprint density at radius 1 is 0.473 bits per heavy atom. The van der Waals surface area contributed by atoms with Gasteiger partial charge >= 0.3 is 0 Å². The Kier molecular flexibility index (Phi) is 12.6. The largest absolute Gasteiger partial charge is 0.507 e. The van der Waals surface area contributed by atoms with E-state index in [1.165, 1.54) is 5.56 Å². The van der Waals surface area contributed by atoms with Crippen molar-refractivity contribution in [1.29, 1.82) is 0 Å². The van der Waals surface area contributed by atoms with Crippen molar-refractivity contribution < 1.29 is 6.48 Å². The molecular formula is C70H69N3O. The molecule has 10 rings (SSSR count). The van der Waals surface area contributed by atoms with Crippen LogP contribution in [-0.4, -0.2) is 19.6 Å². The molecule has 0 radical (unpaired) electrons. The van der Waals surface area contributed by atoms with Gasteiger partial charge in [0.25, 0.3) is 0 Å². The fourth-order valence-electron chi connectivity index (χ4n) is 10.2. The van der Waals surface area contributed by atoms with Crippen LogP contribution in [0.2, 0.25) is 0 Å². The molecule has 0 bridgehead atoms. The lowest BCUT2D eigenvalue weighted by molar-refractivity contribution is 0.446. The molecule has 4 heteroatoms. The number of fused-ring (bicyclic) bond motifs is 1. The molecule has 4 nitrogen and oxygen atoms in total. The first-order chi connectivity index (χ1) is 35.5. The van der Waals surface area contributed by atoms with E-state index in [2.05, 4.69) is 256 Å². The Labute approximate surface area is 440 Å². The predicted molar refractivity (Wildman–Crippen MR) is 314 cm³/mol. The third-order valence-electron chi connectivity index (χ3n) is 14.6. The number of nitrogens with zero attached hydrogens (tertiary/aromatic N) is 3. The molecule has 0 atom stereocenters. The van der Waals surface area contributed by atoms with Crippen LogP contribution in [0.3, 0.4) is 0 Å². The lowest BCUT2D eigenvalue weighted by atomic mass is 9.79. The van der Waals surface area contributed by atoms with E-state index in [0.29, 0.717) is 11.4 Å². The number of aromatic nitrogens is 3. The predicted octanol–water partition coefficient (Wildman–Crippen LogP) is 19.1. The quantitative estimate of drug-likeness (QED) is 0.157. The van der Waals surface area contributed by atoms with Crippen LogP contribution < -0.4 is 0 Å². The number of phenolic OH excluding ortho intramolecular Hbond substituents is 1. The number of rotatable bonds is 9. The highest BCUT2D eigenvalue weighted by Gasteiger charge is 2.30. The number of aromatic hydroxyl groups is 1. The molecule has 2 heterocycles. The van der Waals surface area contributed by atoms with Crippen molar-refractivity contribution in [1.82, 2.24) is 14.5 Å².